The number of halogens is 3. The third-order valence-corrected chi connectivity index (χ3v) is 13.3. The van der Waals surface area contributed by atoms with E-state index >= 15 is 17.7 Å². The summed E-state index contributed by atoms with van der Waals surface area (Å²) in [6.45, 7) is 3.12. The molecule has 50 heavy (non-hydrogen) atoms. The molecule has 3 aliphatic heterocycles. The molecule has 1 unspecified atom stereocenters. The lowest BCUT2D eigenvalue weighted by Crippen LogP contribution is -2.32. The molecule has 0 amide bonds. The summed E-state index contributed by atoms with van der Waals surface area (Å²) in [5.41, 5.74) is 7.52. The second kappa shape index (κ2) is 13.8. The van der Waals surface area contributed by atoms with Crippen molar-refractivity contribution in [1.82, 2.24) is 0 Å². The molecule has 3 aromatic carbocycles. The predicted octanol–water partition coefficient (Wildman–Crippen LogP) is 7.40. The van der Waals surface area contributed by atoms with Crippen LogP contribution in [0.25, 0.3) is 16.0 Å². The zero-order valence-corrected chi connectivity index (χ0v) is 28.3. The van der Waals surface area contributed by atoms with E-state index in [1.807, 2.05) is 18.2 Å². The van der Waals surface area contributed by atoms with Crippen LogP contribution in [0.3, 0.4) is 0 Å². The fraction of sp³-hybridized carbons (Fsp3) is 0.316. The summed E-state index contributed by atoms with van der Waals surface area (Å²) in [5.74, 6) is -7.57. The van der Waals surface area contributed by atoms with E-state index in [0.29, 0.717) is 15.9 Å². The first kappa shape index (κ1) is 33.6. The minimum absolute atomic E-state index is 0.104. The lowest BCUT2D eigenvalue weighted by atomic mass is 9.86. The number of carbonyl (C=O) groups is 1. The second-order valence-corrected chi connectivity index (χ2v) is 15.7. The van der Waals surface area contributed by atoms with Crippen LogP contribution in [0, 0.1) is 17.5 Å². The number of fused-ring (bicyclic) bond motifs is 2. The molecule has 0 aromatic heterocycles. The number of azide groups is 1. The molecule has 12 heteroatoms. The monoisotopic (exact) mass is 697 g/mol. The van der Waals surface area contributed by atoms with E-state index in [-0.39, 0.29) is 16.7 Å². The molecule has 0 saturated carbocycles. The van der Waals surface area contributed by atoms with E-state index < -0.39 is 47.4 Å². The van der Waals surface area contributed by atoms with Gasteiger partial charge in [-0.1, -0.05) is 54.4 Å². The molecule has 1 atom stereocenters. The molecule has 4 aliphatic rings. The second-order valence-electron chi connectivity index (χ2n) is 13.0. The van der Waals surface area contributed by atoms with Gasteiger partial charge >= 0.3 is 0 Å². The molecule has 0 radical (unpaired) electrons. The van der Waals surface area contributed by atoms with Gasteiger partial charge in [-0.05, 0) is 60.6 Å². The third-order valence-electron chi connectivity index (χ3n) is 10.1. The first-order chi connectivity index (χ1) is 24.3. The minimum Gasteiger partial charge on any atom is -0.545 e. The van der Waals surface area contributed by atoms with Crippen molar-refractivity contribution in [2.45, 2.75) is 51.4 Å². The molecule has 8 nitrogen and oxygen atoms in total. The van der Waals surface area contributed by atoms with Gasteiger partial charge < -0.3 is 19.4 Å². The maximum Gasteiger partial charge on any atom is 0.200 e. The molecular weight excluding hydrogens is 662 g/mol. The van der Waals surface area contributed by atoms with Crippen LogP contribution in [0.4, 0.5) is 24.5 Å². The summed E-state index contributed by atoms with van der Waals surface area (Å²) in [7, 11) is -3.79. The predicted molar refractivity (Wildman–Crippen MR) is 187 cm³/mol. The number of carbonyl (C=O) groups excluding carboxylic acids is 1. The highest BCUT2D eigenvalue weighted by molar-refractivity contribution is 7.83. The zero-order valence-electron chi connectivity index (χ0n) is 27.4. The van der Waals surface area contributed by atoms with Gasteiger partial charge in [0.2, 0.25) is 5.71 Å². The van der Waals surface area contributed by atoms with E-state index in [0.717, 1.165) is 88.9 Å². The lowest BCUT2D eigenvalue weighted by Gasteiger charge is -2.35. The van der Waals surface area contributed by atoms with Gasteiger partial charge in [-0.15, -0.1) is 0 Å². The van der Waals surface area contributed by atoms with Crippen LogP contribution >= 0.6 is 7.14 Å². The lowest BCUT2D eigenvalue weighted by molar-refractivity contribution is -0.524. The topological polar surface area (TPSA) is 112 Å². The molecule has 3 aromatic rings. The molecular formula is C38H35F3N5O3P. The Morgan fingerprint density at radius 1 is 0.880 bits per heavy atom. The van der Waals surface area contributed by atoms with Crippen LogP contribution in [-0.2, 0) is 4.57 Å². The molecule has 0 bridgehead atoms. The van der Waals surface area contributed by atoms with Crippen molar-refractivity contribution >= 4 is 46.4 Å². The van der Waals surface area contributed by atoms with Gasteiger partial charge in [-0.25, -0.2) is 17.7 Å². The van der Waals surface area contributed by atoms with E-state index in [4.69, 9.17) is 5.53 Å². The number of carboxylic acid groups (broad SMARTS) is 1. The van der Waals surface area contributed by atoms with Crippen molar-refractivity contribution in [2.24, 2.45) is 5.11 Å². The standard InChI is InChI=1S/C38H35F3N5O3P/c39-34-33(38(47)48)32(35(40)37(36(34)41)43-44-42)31-27-16-14-24(45-18-8-1-2-9-19-45)22-29(27)50(49,26-12-6-5-7-13-26)30-23-25(15-17-28(30)31)46-20-10-3-4-11-21-46/h5-7,12-17,22-23H,1-4,8-11,18-21H2. The quantitative estimate of drug-likeness (QED) is 0.0691. The third kappa shape index (κ3) is 5.68. The van der Waals surface area contributed by atoms with Crippen molar-refractivity contribution in [3.05, 3.63) is 122 Å². The smallest absolute Gasteiger partial charge is 0.200 e. The van der Waals surface area contributed by atoms with Crippen LogP contribution in [0.2, 0.25) is 0 Å². The Kier molecular flexibility index (Phi) is 9.29. The summed E-state index contributed by atoms with van der Waals surface area (Å²) < 4.78 is 65.7. The van der Waals surface area contributed by atoms with Crippen molar-refractivity contribution in [1.29, 1.82) is 0 Å². The number of aromatic carboxylic acids is 1. The highest BCUT2D eigenvalue weighted by Crippen LogP contribution is 2.62. The number of anilines is 1. The van der Waals surface area contributed by atoms with Gasteiger partial charge in [-0.3, -0.25) is 0 Å². The average Bonchev–Trinajstić information content (AvgIpc) is 3.59. The van der Waals surface area contributed by atoms with Gasteiger partial charge in [0.25, 0.3) is 0 Å². The Hall–Kier alpha value is -4.85. The normalized spacial score (nSPS) is 20.7. The van der Waals surface area contributed by atoms with Gasteiger partial charge in [0.1, 0.15) is 24.6 Å². The zero-order chi connectivity index (χ0) is 35.0. The Morgan fingerprint density at radius 2 is 1.56 bits per heavy atom. The summed E-state index contributed by atoms with van der Waals surface area (Å²) in [4.78, 5) is 17.2. The first-order valence-electron chi connectivity index (χ1n) is 17.1. The molecule has 1 aliphatic carbocycles. The molecule has 0 spiro atoms. The fourth-order valence-corrected chi connectivity index (χ4v) is 10.8. The van der Waals surface area contributed by atoms with Crippen LogP contribution < -0.4 is 20.6 Å². The molecule has 256 valence electrons. The number of hydrogen-bond acceptors (Lipinski definition) is 5. The van der Waals surface area contributed by atoms with Gasteiger partial charge in [0.05, 0.1) is 5.97 Å². The SMILES string of the molecule is [N-]=[N+]=Nc1c(F)c(F)c(C(=O)[O-])c(C2=C3C=CC(=[N+]4CCCCCC4)C=C3P(=O)(c3ccccc3)c3cc(N4CCCCCC4)ccc32)c1F. The Morgan fingerprint density at radius 3 is 2.22 bits per heavy atom. The number of rotatable bonds is 5. The molecule has 2 saturated heterocycles. The van der Waals surface area contributed by atoms with Crippen molar-refractivity contribution < 1.29 is 32.2 Å². The molecule has 3 heterocycles. The number of hydrogen-bond donors (Lipinski definition) is 0. The summed E-state index contributed by atoms with van der Waals surface area (Å²) >= 11 is 0. The van der Waals surface area contributed by atoms with Crippen LogP contribution in [0.1, 0.15) is 72.9 Å². The molecule has 0 N–H and O–H groups in total. The van der Waals surface area contributed by atoms with E-state index in [1.54, 1.807) is 48.6 Å². The Balaban J connectivity index is 1.62. The van der Waals surface area contributed by atoms with Gasteiger partial charge in [0.15, 0.2) is 18.8 Å². The maximum absolute atomic E-state index is 16.6. The average molecular weight is 698 g/mol. The number of nitrogens with zero attached hydrogens (tertiary/aromatic N) is 5. The largest absolute Gasteiger partial charge is 0.545 e. The Bertz CT molecular complexity index is 2120. The van der Waals surface area contributed by atoms with Gasteiger partial charge in [0, 0.05) is 81.3 Å². The van der Waals surface area contributed by atoms with Crippen molar-refractivity contribution in [3.8, 4) is 0 Å². The summed E-state index contributed by atoms with van der Waals surface area (Å²) in [5, 5.41) is 16.8. The van der Waals surface area contributed by atoms with Gasteiger partial charge in [-0.2, -0.15) is 0 Å². The van der Waals surface area contributed by atoms with E-state index in [1.165, 1.54) is 0 Å². The Labute approximate surface area is 287 Å². The summed E-state index contributed by atoms with van der Waals surface area (Å²) in [6, 6.07) is 14.2. The molecule has 7 rings (SSSR count). The van der Waals surface area contributed by atoms with Crippen LogP contribution in [0.5, 0.6) is 0 Å². The number of carboxylic acids is 1. The minimum atomic E-state index is -3.79. The highest BCUT2D eigenvalue weighted by Gasteiger charge is 2.45. The van der Waals surface area contributed by atoms with E-state index in [2.05, 4.69) is 19.5 Å². The fourth-order valence-electron chi connectivity index (χ4n) is 7.70. The first-order valence-corrected chi connectivity index (χ1v) is 18.8. The van der Waals surface area contributed by atoms with Crippen LogP contribution in [-0.4, -0.2) is 42.4 Å². The molecule has 2 fully saturated rings. The van der Waals surface area contributed by atoms with Crippen molar-refractivity contribution in [2.75, 3.05) is 31.1 Å². The van der Waals surface area contributed by atoms with E-state index in [9.17, 15) is 9.90 Å². The summed E-state index contributed by atoms with van der Waals surface area (Å²) in [6.07, 6.45) is 13.5. The van der Waals surface area contributed by atoms with Crippen LogP contribution in [0.15, 0.2) is 82.8 Å². The number of allylic oxidation sites excluding steroid dienone is 5. The highest BCUT2D eigenvalue weighted by atomic mass is 31.2. The number of benzene rings is 3. The van der Waals surface area contributed by atoms with Crippen molar-refractivity contribution in [3.63, 3.8) is 0 Å². The maximum atomic E-state index is 16.6.